The number of hydrogen-bond acceptors (Lipinski definition) is 4. The molecule has 0 saturated carbocycles. The van der Waals surface area contributed by atoms with Crippen molar-refractivity contribution >= 4 is 46.6 Å². The zero-order chi connectivity index (χ0) is 22.4. The minimum atomic E-state index is -0.625. The predicted molar refractivity (Wildman–Crippen MR) is 119 cm³/mol. The highest BCUT2D eigenvalue weighted by Gasteiger charge is 2.36. The van der Waals surface area contributed by atoms with Crippen molar-refractivity contribution < 1.29 is 18.8 Å². The standard InChI is InChI=1S/C22H25Cl2N3O4/c1-2-10-26(14-20(28)25-17-13-15(23)8-9-16(17)24)21(29)18-6-3-4-11-27(18)22(30)19-7-5-12-31-19/h5,7-9,12-13,18H,2-4,6,10-11,14H2,1H3,(H,25,28). The van der Waals surface area contributed by atoms with E-state index in [2.05, 4.69) is 5.32 Å². The first-order chi connectivity index (χ1) is 14.9. The zero-order valence-corrected chi connectivity index (χ0v) is 18.8. The smallest absolute Gasteiger partial charge is 0.290 e. The number of nitrogens with one attached hydrogen (secondary N) is 1. The maximum atomic E-state index is 13.4. The van der Waals surface area contributed by atoms with Crippen LogP contribution < -0.4 is 5.32 Å². The van der Waals surface area contributed by atoms with Crippen LogP contribution in [0, 0.1) is 0 Å². The van der Waals surface area contributed by atoms with Crippen molar-refractivity contribution in [3.8, 4) is 0 Å². The fourth-order valence-electron chi connectivity index (χ4n) is 3.68. The second-order valence-electron chi connectivity index (χ2n) is 7.42. The number of piperidine rings is 1. The van der Waals surface area contributed by atoms with Gasteiger partial charge in [0, 0.05) is 18.1 Å². The Labute approximate surface area is 191 Å². The molecule has 1 aromatic carbocycles. The first-order valence-corrected chi connectivity index (χ1v) is 11.0. The van der Waals surface area contributed by atoms with Crippen molar-refractivity contribution in [2.75, 3.05) is 25.0 Å². The van der Waals surface area contributed by atoms with Crippen molar-refractivity contribution in [1.82, 2.24) is 9.80 Å². The summed E-state index contributed by atoms with van der Waals surface area (Å²) in [7, 11) is 0. The highest BCUT2D eigenvalue weighted by atomic mass is 35.5. The minimum absolute atomic E-state index is 0.144. The number of anilines is 1. The Balaban J connectivity index is 1.72. The van der Waals surface area contributed by atoms with Crippen LogP contribution in [0.2, 0.25) is 10.0 Å². The number of carbonyl (C=O) groups is 3. The molecule has 1 aromatic heterocycles. The summed E-state index contributed by atoms with van der Waals surface area (Å²) in [4.78, 5) is 41.9. The van der Waals surface area contributed by atoms with Crippen LogP contribution in [-0.4, -0.2) is 53.2 Å². The van der Waals surface area contributed by atoms with Crippen molar-refractivity contribution in [1.29, 1.82) is 0 Å². The van der Waals surface area contributed by atoms with Gasteiger partial charge in [-0.25, -0.2) is 0 Å². The molecule has 1 aliphatic rings. The van der Waals surface area contributed by atoms with E-state index in [9.17, 15) is 14.4 Å². The summed E-state index contributed by atoms with van der Waals surface area (Å²) in [6.45, 7) is 2.66. The molecule has 0 bridgehead atoms. The van der Waals surface area contributed by atoms with E-state index in [1.165, 1.54) is 11.2 Å². The Hall–Kier alpha value is -2.51. The van der Waals surface area contributed by atoms with Gasteiger partial charge in [0.1, 0.15) is 6.04 Å². The molecule has 1 unspecified atom stereocenters. The average molecular weight is 466 g/mol. The summed E-state index contributed by atoms with van der Waals surface area (Å²) in [5.74, 6) is -0.732. The van der Waals surface area contributed by atoms with Crippen LogP contribution in [-0.2, 0) is 9.59 Å². The van der Waals surface area contributed by atoms with Crippen LogP contribution >= 0.6 is 23.2 Å². The SMILES string of the molecule is CCCN(CC(=O)Nc1cc(Cl)ccc1Cl)C(=O)C1CCCCN1C(=O)c1ccco1. The molecule has 1 fully saturated rings. The number of halogens is 2. The van der Waals surface area contributed by atoms with Crippen molar-refractivity contribution in [3.05, 3.63) is 52.4 Å². The molecule has 0 radical (unpaired) electrons. The Bertz CT molecular complexity index is 933. The van der Waals surface area contributed by atoms with Gasteiger partial charge < -0.3 is 19.5 Å². The van der Waals surface area contributed by atoms with Crippen LogP contribution in [0.1, 0.15) is 43.2 Å². The molecule has 2 heterocycles. The molecule has 7 nitrogen and oxygen atoms in total. The van der Waals surface area contributed by atoms with Gasteiger partial charge in [-0.3, -0.25) is 14.4 Å². The lowest BCUT2D eigenvalue weighted by Crippen LogP contribution is -2.54. The van der Waals surface area contributed by atoms with Gasteiger partial charge in [-0.15, -0.1) is 0 Å². The summed E-state index contributed by atoms with van der Waals surface area (Å²) in [6.07, 6.45) is 4.31. The van der Waals surface area contributed by atoms with Crippen LogP contribution in [0.5, 0.6) is 0 Å². The van der Waals surface area contributed by atoms with E-state index in [0.29, 0.717) is 41.7 Å². The maximum absolute atomic E-state index is 13.4. The number of benzene rings is 1. The number of amides is 3. The lowest BCUT2D eigenvalue weighted by atomic mass is 10.00. The molecular weight excluding hydrogens is 441 g/mol. The van der Waals surface area contributed by atoms with E-state index in [1.54, 1.807) is 35.2 Å². The van der Waals surface area contributed by atoms with Gasteiger partial charge in [0.25, 0.3) is 5.91 Å². The van der Waals surface area contributed by atoms with Gasteiger partial charge in [-0.2, -0.15) is 0 Å². The zero-order valence-electron chi connectivity index (χ0n) is 17.3. The number of likely N-dealkylation sites (tertiary alicyclic amines) is 1. The molecule has 0 spiro atoms. The third-order valence-electron chi connectivity index (χ3n) is 5.12. The lowest BCUT2D eigenvalue weighted by molar-refractivity contribution is -0.139. The van der Waals surface area contributed by atoms with Gasteiger partial charge in [-0.1, -0.05) is 30.1 Å². The van der Waals surface area contributed by atoms with Gasteiger partial charge in [0.15, 0.2) is 5.76 Å². The maximum Gasteiger partial charge on any atom is 0.290 e. The molecule has 0 aliphatic carbocycles. The first kappa shape index (κ1) is 23.2. The lowest BCUT2D eigenvalue weighted by Gasteiger charge is -2.37. The Kier molecular flexibility index (Phi) is 7.98. The molecular formula is C22H25Cl2N3O4. The van der Waals surface area contributed by atoms with E-state index >= 15 is 0 Å². The summed E-state index contributed by atoms with van der Waals surface area (Å²) >= 11 is 12.1. The predicted octanol–water partition coefficient (Wildman–Crippen LogP) is 4.46. The second-order valence-corrected chi connectivity index (χ2v) is 8.26. The van der Waals surface area contributed by atoms with Crippen LogP contribution in [0.25, 0.3) is 0 Å². The van der Waals surface area contributed by atoms with E-state index < -0.39 is 6.04 Å². The fraction of sp³-hybridized carbons (Fsp3) is 0.409. The van der Waals surface area contributed by atoms with E-state index in [4.69, 9.17) is 27.6 Å². The van der Waals surface area contributed by atoms with E-state index in [-0.39, 0.29) is 30.0 Å². The third kappa shape index (κ3) is 5.80. The summed E-state index contributed by atoms with van der Waals surface area (Å²) in [5, 5.41) is 3.50. The molecule has 1 atom stereocenters. The van der Waals surface area contributed by atoms with Crippen molar-refractivity contribution in [2.45, 2.75) is 38.6 Å². The summed E-state index contributed by atoms with van der Waals surface area (Å²) in [6, 6.07) is 7.38. The summed E-state index contributed by atoms with van der Waals surface area (Å²) in [5.41, 5.74) is 0.385. The van der Waals surface area contributed by atoms with Gasteiger partial charge >= 0.3 is 0 Å². The topological polar surface area (TPSA) is 82.9 Å². The van der Waals surface area contributed by atoms with E-state index in [1.807, 2.05) is 6.92 Å². The second kappa shape index (κ2) is 10.7. The molecule has 3 rings (SSSR count). The highest BCUT2D eigenvalue weighted by Crippen LogP contribution is 2.26. The highest BCUT2D eigenvalue weighted by molar-refractivity contribution is 6.35. The average Bonchev–Trinajstić information content (AvgIpc) is 3.30. The Morgan fingerprint density at radius 1 is 1.23 bits per heavy atom. The van der Waals surface area contributed by atoms with Crippen LogP contribution in [0.4, 0.5) is 5.69 Å². The van der Waals surface area contributed by atoms with Gasteiger partial charge in [-0.05, 0) is 56.0 Å². The van der Waals surface area contributed by atoms with Gasteiger partial charge in [0.05, 0.1) is 23.5 Å². The minimum Gasteiger partial charge on any atom is -0.459 e. The molecule has 3 amide bonds. The van der Waals surface area contributed by atoms with Gasteiger partial charge in [0.2, 0.25) is 11.8 Å². The Morgan fingerprint density at radius 2 is 2.03 bits per heavy atom. The molecule has 9 heteroatoms. The fourth-order valence-corrected chi connectivity index (χ4v) is 4.01. The molecule has 166 valence electrons. The molecule has 31 heavy (non-hydrogen) atoms. The quantitative estimate of drug-likeness (QED) is 0.654. The number of rotatable bonds is 7. The van der Waals surface area contributed by atoms with E-state index in [0.717, 1.165) is 12.8 Å². The number of nitrogens with zero attached hydrogens (tertiary/aromatic N) is 2. The molecule has 2 aromatic rings. The molecule has 1 saturated heterocycles. The first-order valence-electron chi connectivity index (χ1n) is 10.3. The monoisotopic (exact) mass is 465 g/mol. The number of hydrogen-bond donors (Lipinski definition) is 1. The van der Waals surface area contributed by atoms with Crippen LogP contribution in [0.15, 0.2) is 41.0 Å². The molecule has 1 aliphatic heterocycles. The summed E-state index contributed by atoms with van der Waals surface area (Å²) < 4.78 is 5.23. The Morgan fingerprint density at radius 3 is 2.74 bits per heavy atom. The number of furan rings is 1. The van der Waals surface area contributed by atoms with Crippen LogP contribution in [0.3, 0.4) is 0 Å². The third-order valence-corrected chi connectivity index (χ3v) is 5.69. The normalized spacial score (nSPS) is 16.1. The van der Waals surface area contributed by atoms with Crippen molar-refractivity contribution in [3.63, 3.8) is 0 Å². The number of carbonyl (C=O) groups excluding carboxylic acids is 3. The molecule has 1 N–H and O–H groups in total. The van der Waals surface area contributed by atoms with Crippen molar-refractivity contribution in [2.24, 2.45) is 0 Å². The largest absolute Gasteiger partial charge is 0.459 e.